The SMILES string of the molecule is CSc1ccc([C@H](C)NC(=O)COc2ccc(S(=O)(=O)Nc3cc(C)ccc3C)cc2)cc1. The minimum Gasteiger partial charge on any atom is -0.484 e. The number of hydrogen-bond donors (Lipinski definition) is 2. The van der Waals surface area contributed by atoms with E-state index in [0.29, 0.717) is 11.4 Å². The second-order valence-electron chi connectivity index (χ2n) is 7.75. The predicted octanol–water partition coefficient (Wildman–Crippen LogP) is 5.08. The van der Waals surface area contributed by atoms with Gasteiger partial charge in [-0.2, -0.15) is 0 Å². The lowest BCUT2D eigenvalue weighted by Crippen LogP contribution is -2.31. The maximum absolute atomic E-state index is 12.7. The van der Waals surface area contributed by atoms with Crippen LogP contribution in [0.25, 0.3) is 0 Å². The van der Waals surface area contributed by atoms with Crippen molar-refractivity contribution in [1.82, 2.24) is 5.32 Å². The van der Waals surface area contributed by atoms with Crippen molar-refractivity contribution in [3.05, 3.63) is 83.4 Å². The van der Waals surface area contributed by atoms with Crippen LogP contribution in [-0.2, 0) is 14.8 Å². The van der Waals surface area contributed by atoms with E-state index in [9.17, 15) is 13.2 Å². The smallest absolute Gasteiger partial charge is 0.261 e. The molecule has 0 unspecified atom stereocenters. The number of benzene rings is 3. The van der Waals surface area contributed by atoms with Gasteiger partial charge in [-0.3, -0.25) is 9.52 Å². The van der Waals surface area contributed by atoms with E-state index in [1.807, 2.05) is 63.4 Å². The quantitative estimate of drug-likeness (QED) is 0.414. The highest BCUT2D eigenvalue weighted by Crippen LogP contribution is 2.23. The fourth-order valence-electron chi connectivity index (χ4n) is 3.17. The number of thioether (sulfide) groups is 1. The third kappa shape index (κ3) is 6.76. The molecule has 6 nitrogen and oxygen atoms in total. The summed E-state index contributed by atoms with van der Waals surface area (Å²) in [4.78, 5) is 13.5. The molecule has 33 heavy (non-hydrogen) atoms. The molecule has 1 atom stereocenters. The summed E-state index contributed by atoms with van der Waals surface area (Å²) >= 11 is 1.66. The van der Waals surface area contributed by atoms with Crippen molar-refractivity contribution in [2.45, 2.75) is 36.6 Å². The normalized spacial score (nSPS) is 12.1. The number of hydrogen-bond acceptors (Lipinski definition) is 5. The van der Waals surface area contributed by atoms with Crippen LogP contribution in [0.3, 0.4) is 0 Å². The van der Waals surface area contributed by atoms with Crippen molar-refractivity contribution >= 4 is 33.4 Å². The third-order valence-corrected chi connectivity index (χ3v) is 7.26. The number of rotatable bonds is 9. The highest BCUT2D eigenvalue weighted by atomic mass is 32.2. The molecule has 0 aromatic heterocycles. The average molecular weight is 485 g/mol. The molecule has 174 valence electrons. The molecule has 3 aromatic rings. The summed E-state index contributed by atoms with van der Waals surface area (Å²) < 4.78 is 33.6. The first-order valence-electron chi connectivity index (χ1n) is 10.4. The molecule has 0 heterocycles. The van der Waals surface area contributed by atoms with Gasteiger partial charge in [-0.25, -0.2) is 8.42 Å². The van der Waals surface area contributed by atoms with Crippen LogP contribution >= 0.6 is 11.8 Å². The Labute approximate surface area is 199 Å². The van der Waals surface area contributed by atoms with Crippen LogP contribution in [-0.4, -0.2) is 27.2 Å². The van der Waals surface area contributed by atoms with E-state index < -0.39 is 10.0 Å². The van der Waals surface area contributed by atoms with Gasteiger partial charge in [-0.15, -0.1) is 11.8 Å². The first kappa shape index (κ1) is 24.7. The van der Waals surface area contributed by atoms with E-state index in [1.54, 1.807) is 17.8 Å². The number of nitrogens with one attached hydrogen (secondary N) is 2. The number of carbonyl (C=O) groups excluding carboxylic acids is 1. The number of amides is 1. The third-order valence-electron chi connectivity index (χ3n) is 5.13. The fourth-order valence-corrected chi connectivity index (χ4v) is 4.70. The largest absolute Gasteiger partial charge is 0.484 e. The standard InChI is InChI=1S/C25H28N2O4S2/c1-17-5-6-18(2)24(15-17)27-33(29,30)23-13-9-21(10-14-23)31-16-25(28)26-19(3)20-7-11-22(32-4)12-8-20/h5-15,19,27H,16H2,1-4H3,(H,26,28)/t19-/m0/s1. The first-order chi connectivity index (χ1) is 15.7. The molecule has 3 aromatic carbocycles. The van der Waals surface area contributed by atoms with E-state index >= 15 is 0 Å². The van der Waals surface area contributed by atoms with Crippen LogP contribution < -0.4 is 14.8 Å². The second-order valence-corrected chi connectivity index (χ2v) is 10.3. The maximum Gasteiger partial charge on any atom is 0.261 e. The van der Waals surface area contributed by atoms with Crippen LogP contribution in [0, 0.1) is 13.8 Å². The Balaban J connectivity index is 1.56. The van der Waals surface area contributed by atoms with Crippen molar-refractivity contribution in [1.29, 1.82) is 0 Å². The van der Waals surface area contributed by atoms with Crippen LogP contribution in [0.2, 0.25) is 0 Å². The molecular formula is C25H28N2O4S2. The highest BCUT2D eigenvalue weighted by molar-refractivity contribution is 7.98. The topological polar surface area (TPSA) is 84.5 Å². The minimum atomic E-state index is -3.74. The zero-order valence-corrected chi connectivity index (χ0v) is 20.7. The van der Waals surface area contributed by atoms with Crippen molar-refractivity contribution < 1.29 is 17.9 Å². The Kier molecular flexibility index (Phi) is 8.05. The molecule has 1 amide bonds. The van der Waals surface area contributed by atoms with E-state index in [2.05, 4.69) is 10.0 Å². The summed E-state index contributed by atoms with van der Waals surface area (Å²) in [6, 6.07) is 19.4. The Morgan fingerprint density at radius 1 is 1.00 bits per heavy atom. The summed E-state index contributed by atoms with van der Waals surface area (Å²) in [5.41, 5.74) is 3.35. The van der Waals surface area contributed by atoms with Crippen LogP contribution in [0.15, 0.2) is 76.5 Å². The van der Waals surface area contributed by atoms with Gasteiger partial charge in [-0.05, 0) is 86.2 Å². The lowest BCUT2D eigenvalue weighted by atomic mass is 10.1. The maximum atomic E-state index is 12.7. The molecular weight excluding hydrogens is 456 g/mol. The average Bonchev–Trinajstić information content (AvgIpc) is 2.80. The molecule has 0 saturated carbocycles. The van der Waals surface area contributed by atoms with Gasteiger partial charge in [0.05, 0.1) is 16.6 Å². The first-order valence-corrected chi connectivity index (χ1v) is 13.1. The van der Waals surface area contributed by atoms with Gasteiger partial charge in [0.2, 0.25) is 0 Å². The summed E-state index contributed by atoms with van der Waals surface area (Å²) in [6.45, 7) is 5.50. The molecule has 0 spiro atoms. The van der Waals surface area contributed by atoms with E-state index in [4.69, 9.17) is 4.74 Å². The summed E-state index contributed by atoms with van der Waals surface area (Å²) in [7, 11) is -3.74. The molecule has 0 aliphatic carbocycles. The van der Waals surface area contributed by atoms with Crippen LogP contribution in [0.5, 0.6) is 5.75 Å². The molecule has 0 bridgehead atoms. The van der Waals surface area contributed by atoms with Gasteiger partial charge in [0.15, 0.2) is 6.61 Å². The number of ether oxygens (including phenoxy) is 1. The molecule has 0 saturated heterocycles. The van der Waals surface area contributed by atoms with Gasteiger partial charge in [0.25, 0.3) is 15.9 Å². The summed E-state index contributed by atoms with van der Waals surface area (Å²) in [5.74, 6) is 0.151. The van der Waals surface area contributed by atoms with E-state index in [-0.39, 0.29) is 23.5 Å². The zero-order valence-electron chi connectivity index (χ0n) is 19.1. The van der Waals surface area contributed by atoms with Crippen molar-refractivity contribution in [2.24, 2.45) is 0 Å². The second kappa shape index (κ2) is 10.8. The summed E-state index contributed by atoms with van der Waals surface area (Å²) in [6.07, 6.45) is 2.01. The van der Waals surface area contributed by atoms with E-state index in [0.717, 1.165) is 21.6 Å². The molecule has 0 fully saturated rings. The number of sulfonamides is 1. The van der Waals surface area contributed by atoms with Gasteiger partial charge < -0.3 is 10.1 Å². The van der Waals surface area contributed by atoms with Gasteiger partial charge >= 0.3 is 0 Å². The Bertz CT molecular complexity index is 1210. The minimum absolute atomic E-state index is 0.113. The molecule has 0 aliphatic heterocycles. The number of carbonyl (C=O) groups is 1. The lowest BCUT2D eigenvalue weighted by molar-refractivity contribution is -0.123. The van der Waals surface area contributed by atoms with E-state index in [1.165, 1.54) is 24.3 Å². The van der Waals surface area contributed by atoms with Gasteiger partial charge in [0.1, 0.15) is 5.75 Å². The Morgan fingerprint density at radius 2 is 1.67 bits per heavy atom. The lowest BCUT2D eigenvalue weighted by Gasteiger charge is -2.15. The van der Waals surface area contributed by atoms with Gasteiger partial charge in [-0.1, -0.05) is 24.3 Å². The van der Waals surface area contributed by atoms with Gasteiger partial charge in [0, 0.05) is 4.90 Å². The van der Waals surface area contributed by atoms with Crippen molar-refractivity contribution in [3.63, 3.8) is 0 Å². The number of anilines is 1. The summed E-state index contributed by atoms with van der Waals surface area (Å²) in [5, 5.41) is 2.90. The monoisotopic (exact) mass is 484 g/mol. The molecule has 2 N–H and O–H groups in total. The van der Waals surface area contributed by atoms with Crippen LogP contribution in [0.4, 0.5) is 5.69 Å². The predicted molar refractivity (Wildman–Crippen MR) is 133 cm³/mol. The molecule has 0 radical (unpaired) electrons. The van der Waals surface area contributed by atoms with Crippen LogP contribution in [0.1, 0.15) is 29.7 Å². The fraction of sp³-hybridized carbons (Fsp3) is 0.240. The van der Waals surface area contributed by atoms with Crippen molar-refractivity contribution in [2.75, 3.05) is 17.6 Å². The molecule has 3 rings (SSSR count). The Hall–Kier alpha value is -2.97. The van der Waals surface area contributed by atoms with Crippen molar-refractivity contribution in [3.8, 4) is 5.75 Å². The zero-order chi connectivity index (χ0) is 24.0. The number of aryl methyl sites for hydroxylation is 2. The Morgan fingerprint density at radius 3 is 2.30 bits per heavy atom. The molecule has 0 aliphatic rings. The molecule has 8 heteroatoms. The highest BCUT2D eigenvalue weighted by Gasteiger charge is 2.16.